The Bertz CT molecular complexity index is 665. The highest BCUT2D eigenvalue weighted by Crippen LogP contribution is 2.21. The summed E-state index contributed by atoms with van der Waals surface area (Å²) in [6.45, 7) is 0.605. The molecule has 5 nitrogen and oxygen atoms in total. The van der Waals surface area contributed by atoms with Gasteiger partial charge in [0.15, 0.2) is 0 Å². The molecule has 0 heterocycles. The highest BCUT2D eigenvalue weighted by molar-refractivity contribution is 7.85. The van der Waals surface area contributed by atoms with Crippen molar-refractivity contribution in [2.75, 3.05) is 12.4 Å². The number of hydrogen-bond donors (Lipinski definition) is 0. The molecule has 118 valence electrons. The van der Waals surface area contributed by atoms with Crippen LogP contribution in [0, 0.1) is 0 Å². The third kappa shape index (κ3) is 6.26. The Morgan fingerprint density at radius 2 is 1.55 bits per heavy atom. The van der Waals surface area contributed by atoms with Crippen molar-refractivity contribution >= 4 is 10.1 Å². The van der Waals surface area contributed by atoms with Crippen molar-refractivity contribution in [3.63, 3.8) is 0 Å². The minimum absolute atomic E-state index is 0.209. The van der Waals surface area contributed by atoms with Crippen LogP contribution in [0.15, 0.2) is 54.6 Å². The third-order valence-electron chi connectivity index (χ3n) is 2.85. The molecule has 0 saturated carbocycles. The molecule has 0 unspecified atom stereocenters. The number of benzene rings is 2. The Labute approximate surface area is 130 Å². The fourth-order valence-electron chi connectivity index (χ4n) is 1.81. The molecule has 0 saturated heterocycles. The Morgan fingerprint density at radius 3 is 2.18 bits per heavy atom. The summed E-state index contributed by atoms with van der Waals surface area (Å²) in [4.78, 5) is 0. The van der Waals surface area contributed by atoms with E-state index < -0.39 is 15.9 Å². The lowest BCUT2D eigenvalue weighted by Crippen LogP contribution is -2.07. The minimum Gasteiger partial charge on any atom is -0.748 e. The molecule has 2 aromatic carbocycles. The fraction of sp³-hybridized carbons (Fsp3) is 0.250. The smallest absolute Gasteiger partial charge is 0.127 e. The molecule has 2 rings (SSSR count). The van der Waals surface area contributed by atoms with Gasteiger partial charge in [-0.05, 0) is 36.2 Å². The van der Waals surface area contributed by atoms with Crippen molar-refractivity contribution in [2.24, 2.45) is 0 Å². The normalized spacial score (nSPS) is 11.3. The number of rotatable bonds is 8. The number of hydrogen-bond acceptors (Lipinski definition) is 5. The van der Waals surface area contributed by atoms with Crippen LogP contribution in [0.5, 0.6) is 11.5 Å². The molecule has 0 aliphatic rings. The van der Waals surface area contributed by atoms with Crippen LogP contribution in [0.3, 0.4) is 0 Å². The molecule has 0 N–H and O–H groups in total. The van der Waals surface area contributed by atoms with E-state index in [9.17, 15) is 13.0 Å². The molecule has 0 fully saturated rings. The SMILES string of the molecule is O=S(=O)([O-])CCCOCc1ccc(Oc2ccccc2)cc1. The zero-order valence-electron chi connectivity index (χ0n) is 12.0. The summed E-state index contributed by atoms with van der Waals surface area (Å²) in [6.07, 6.45) is 0.209. The Kier molecular flexibility index (Phi) is 5.94. The summed E-state index contributed by atoms with van der Waals surface area (Å²) < 4.78 is 42.3. The van der Waals surface area contributed by atoms with Gasteiger partial charge in [0.2, 0.25) is 0 Å². The van der Waals surface area contributed by atoms with Gasteiger partial charge >= 0.3 is 0 Å². The molecular formula is C16H17O5S-. The lowest BCUT2D eigenvalue weighted by atomic mass is 10.2. The van der Waals surface area contributed by atoms with Gasteiger partial charge in [-0.1, -0.05) is 30.3 Å². The molecule has 6 heteroatoms. The van der Waals surface area contributed by atoms with Crippen molar-refractivity contribution in [3.05, 3.63) is 60.2 Å². The summed E-state index contributed by atoms with van der Waals surface area (Å²) in [6, 6.07) is 16.9. The average molecular weight is 321 g/mol. The standard InChI is InChI=1S/C16H18O5S/c17-22(18,19)12-4-11-20-13-14-7-9-16(10-8-14)21-15-5-2-1-3-6-15/h1-3,5-10H,4,11-13H2,(H,17,18,19)/p-1. The Morgan fingerprint density at radius 1 is 0.909 bits per heavy atom. The van der Waals surface area contributed by atoms with Crippen LogP contribution in [0.4, 0.5) is 0 Å². The molecule has 0 radical (unpaired) electrons. The van der Waals surface area contributed by atoms with Crippen LogP contribution in [-0.4, -0.2) is 25.3 Å². The number of ether oxygens (including phenoxy) is 2. The summed E-state index contributed by atoms with van der Waals surface area (Å²) >= 11 is 0. The summed E-state index contributed by atoms with van der Waals surface area (Å²) in [5, 5.41) is 0. The fourth-order valence-corrected chi connectivity index (χ4v) is 2.28. The van der Waals surface area contributed by atoms with Gasteiger partial charge in [-0.25, -0.2) is 8.42 Å². The molecule has 0 aromatic heterocycles. The van der Waals surface area contributed by atoms with Crippen LogP contribution >= 0.6 is 0 Å². The largest absolute Gasteiger partial charge is 0.748 e. The van der Waals surface area contributed by atoms with Crippen LogP contribution in [0.1, 0.15) is 12.0 Å². The Hall–Kier alpha value is -1.89. The average Bonchev–Trinajstić information content (AvgIpc) is 2.48. The molecule has 2 aromatic rings. The molecule has 0 aliphatic carbocycles. The van der Waals surface area contributed by atoms with Gasteiger partial charge in [0, 0.05) is 12.4 Å². The second kappa shape index (κ2) is 7.93. The van der Waals surface area contributed by atoms with Gasteiger partial charge in [0.25, 0.3) is 0 Å². The first-order chi connectivity index (χ1) is 10.5. The second-order valence-corrected chi connectivity index (χ2v) is 6.25. The first kappa shape index (κ1) is 16.5. The van der Waals surface area contributed by atoms with Crippen molar-refractivity contribution in [1.82, 2.24) is 0 Å². The quantitative estimate of drug-likeness (QED) is 0.552. The minimum atomic E-state index is -4.15. The van der Waals surface area contributed by atoms with Crippen molar-refractivity contribution in [1.29, 1.82) is 0 Å². The lowest BCUT2D eigenvalue weighted by Gasteiger charge is -2.08. The molecular weight excluding hydrogens is 304 g/mol. The first-order valence-electron chi connectivity index (χ1n) is 6.86. The second-order valence-electron chi connectivity index (χ2n) is 4.73. The highest BCUT2D eigenvalue weighted by atomic mass is 32.2. The van der Waals surface area contributed by atoms with Crippen molar-refractivity contribution < 1.29 is 22.4 Å². The first-order valence-corrected chi connectivity index (χ1v) is 8.44. The monoisotopic (exact) mass is 321 g/mol. The summed E-state index contributed by atoms with van der Waals surface area (Å²) in [7, 11) is -4.15. The van der Waals surface area contributed by atoms with Crippen LogP contribution in [0.2, 0.25) is 0 Å². The molecule has 22 heavy (non-hydrogen) atoms. The van der Waals surface area contributed by atoms with E-state index in [1.54, 1.807) is 0 Å². The van der Waals surface area contributed by atoms with Gasteiger partial charge in [-0.3, -0.25) is 0 Å². The maximum Gasteiger partial charge on any atom is 0.127 e. The van der Waals surface area contributed by atoms with E-state index >= 15 is 0 Å². The maximum absolute atomic E-state index is 10.4. The predicted octanol–water partition coefficient (Wildman–Crippen LogP) is 2.93. The van der Waals surface area contributed by atoms with Crippen molar-refractivity contribution in [3.8, 4) is 11.5 Å². The predicted molar refractivity (Wildman–Crippen MR) is 81.8 cm³/mol. The van der Waals surface area contributed by atoms with E-state index in [1.807, 2.05) is 54.6 Å². The van der Waals surface area contributed by atoms with Gasteiger partial charge in [-0.15, -0.1) is 0 Å². The molecule has 0 amide bonds. The number of para-hydroxylation sites is 1. The van der Waals surface area contributed by atoms with E-state index in [4.69, 9.17) is 9.47 Å². The van der Waals surface area contributed by atoms with Crippen LogP contribution in [0.25, 0.3) is 0 Å². The summed E-state index contributed by atoms with van der Waals surface area (Å²) in [5.74, 6) is 1.11. The third-order valence-corrected chi connectivity index (χ3v) is 3.64. The van der Waals surface area contributed by atoms with Gasteiger partial charge in [0.05, 0.1) is 16.7 Å². The van der Waals surface area contributed by atoms with Crippen molar-refractivity contribution in [2.45, 2.75) is 13.0 Å². The molecule has 0 spiro atoms. The zero-order valence-corrected chi connectivity index (χ0v) is 12.8. The van der Waals surface area contributed by atoms with E-state index in [0.717, 1.165) is 17.1 Å². The van der Waals surface area contributed by atoms with Gasteiger partial charge < -0.3 is 14.0 Å². The van der Waals surface area contributed by atoms with E-state index in [1.165, 1.54) is 0 Å². The zero-order chi connectivity index (χ0) is 15.8. The highest BCUT2D eigenvalue weighted by Gasteiger charge is 1.99. The van der Waals surface area contributed by atoms with E-state index in [2.05, 4.69) is 0 Å². The molecule has 0 aliphatic heterocycles. The lowest BCUT2D eigenvalue weighted by molar-refractivity contribution is 0.121. The van der Waals surface area contributed by atoms with Gasteiger partial charge in [-0.2, -0.15) is 0 Å². The topological polar surface area (TPSA) is 75.7 Å². The summed E-state index contributed by atoms with van der Waals surface area (Å²) in [5.41, 5.74) is 0.949. The molecule has 0 bridgehead atoms. The maximum atomic E-state index is 10.4. The van der Waals surface area contributed by atoms with Crippen LogP contribution < -0.4 is 4.74 Å². The van der Waals surface area contributed by atoms with E-state index in [0.29, 0.717) is 6.61 Å². The van der Waals surface area contributed by atoms with Gasteiger partial charge in [0.1, 0.15) is 11.5 Å². The molecule has 0 atom stereocenters. The van der Waals surface area contributed by atoms with Crippen LogP contribution in [-0.2, 0) is 21.5 Å². The van der Waals surface area contributed by atoms with E-state index in [-0.39, 0.29) is 13.0 Å². The Balaban J connectivity index is 1.75.